The maximum absolute atomic E-state index is 7.02. The van der Waals surface area contributed by atoms with Crippen molar-refractivity contribution in [1.29, 1.82) is 0 Å². The molecule has 3 fully saturated rings. The van der Waals surface area contributed by atoms with E-state index in [0.29, 0.717) is 49.5 Å². The molecule has 0 amide bonds. The van der Waals surface area contributed by atoms with E-state index in [1.807, 2.05) is 41.5 Å². The summed E-state index contributed by atoms with van der Waals surface area (Å²) in [5.41, 5.74) is 0. The zero-order valence-electron chi connectivity index (χ0n) is 23.6. The third-order valence-corrected chi connectivity index (χ3v) is 33.1. The van der Waals surface area contributed by atoms with Crippen molar-refractivity contribution in [2.24, 2.45) is 0 Å². The minimum Gasteiger partial charge on any atom is -0.374 e. The Morgan fingerprint density at radius 3 is 0.917 bits per heavy atom. The van der Waals surface area contributed by atoms with E-state index in [4.69, 9.17) is 41.8 Å². The first-order valence-corrected chi connectivity index (χ1v) is 25.6. The highest BCUT2D eigenvalue weighted by molar-refractivity contribution is 6.99. The fourth-order valence-corrected chi connectivity index (χ4v) is 38.7. The van der Waals surface area contributed by atoms with E-state index < -0.39 is 52.8 Å². The Balaban J connectivity index is 2.21. The van der Waals surface area contributed by atoms with Gasteiger partial charge in [0.1, 0.15) is 0 Å². The van der Waals surface area contributed by atoms with Crippen LogP contribution in [0.2, 0.25) is 36.3 Å². The zero-order chi connectivity index (χ0) is 26.6. The summed E-state index contributed by atoms with van der Waals surface area (Å²) >= 11 is 0. The molecule has 3 aliphatic heterocycles. The Kier molecular flexibility index (Phi) is 11.0. The van der Waals surface area contributed by atoms with Crippen LogP contribution in [0.25, 0.3) is 0 Å². The zero-order valence-corrected chi connectivity index (χ0v) is 29.6. The highest BCUT2D eigenvalue weighted by atomic mass is 28.6. The molecule has 0 aliphatic carbocycles. The van der Waals surface area contributed by atoms with Gasteiger partial charge in [-0.15, -0.1) is 0 Å². The molecular formula is C20H48O10Si6. The second-order valence-electron chi connectivity index (χ2n) is 9.44. The van der Waals surface area contributed by atoms with E-state index in [2.05, 4.69) is 13.8 Å². The van der Waals surface area contributed by atoms with Crippen molar-refractivity contribution in [3.63, 3.8) is 0 Å². The Labute approximate surface area is 224 Å². The third kappa shape index (κ3) is 6.44. The molecule has 3 rings (SSSR count). The molecule has 0 spiro atoms. The van der Waals surface area contributed by atoms with Crippen molar-refractivity contribution >= 4 is 52.8 Å². The Hall–Kier alpha value is 0.901. The Morgan fingerprint density at radius 2 is 0.667 bits per heavy atom. The van der Waals surface area contributed by atoms with Gasteiger partial charge < -0.3 is 41.8 Å². The molecule has 0 N–H and O–H groups in total. The topological polar surface area (TPSA) is 92.3 Å². The lowest BCUT2D eigenvalue weighted by Crippen LogP contribution is -2.83. The molecule has 10 nitrogen and oxygen atoms in total. The van der Waals surface area contributed by atoms with Gasteiger partial charge in [0.25, 0.3) is 0 Å². The van der Waals surface area contributed by atoms with Crippen LogP contribution in [0.5, 0.6) is 0 Å². The lowest BCUT2D eigenvalue weighted by Gasteiger charge is -2.59. The molecular weight excluding hydrogens is 569 g/mol. The molecule has 3 aliphatic rings. The lowest BCUT2D eigenvalue weighted by atomic mass is 10.4. The van der Waals surface area contributed by atoms with E-state index in [9.17, 15) is 0 Å². The van der Waals surface area contributed by atoms with Crippen molar-refractivity contribution in [1.82, 2.24) is 0 Å². The summed E-state index contributed by atoms with van der Waals surface area (Å²) in [5, 5.41) is 0. The second-order valence-corrected chi connectivity index (χ2v) is 29.0. The first kappa shape index (κ1) is 31.4. The van der Waals surface area contributed by atoms with Crippen LogP contribution in [0.15, 0.2) is 0 Å². The fraction of sp³-hybridized carbons (Fsp3) is 1.00. The van der Waals surface area contributed by atoms with Crippen LogP contribution in [0, 0.1) is 0 Å². The first-order chi connectivity index (χ1) is 17.1. The molecule has 0 aromatic heterocycles. The van der Waals surface area contributed by atoms with Crippen LogP contribution in [0.1, 0.15) is 81.1 Å². The standard InChI is InChI=1S/C20H48O10Si6/c1-9-17-19-21-31(11-3)23-33(13-5)24-32(12-4,22-20-18-10-2)26-35(15-7)28-34(14-6,25-31)29-36(16-8,27-33)30-35/h9-20H2,1-8H3. The summed E-state index contributed by atoms with van der Waals surface area (Å²) in [6, 6.07) is 3.33. The molecule has 212 valence electrons. The van der Waals surface area contributed by atoms with E-state index >= 15 is 0 Å². The monoisotopic (exact) mass is 616 g/mol. The van der Waals surface area contributed by atoms with Gasteiger partial charge in [-0.3, -0.25) is 0 Å². The minimum atomic E-state index is -3.47. The highest BCUT2D eigenvalue weighted by Gasteiger charge is 2.77. The number of unbranched alkanes of at least 4 members (excludes halogenated alkanes) is 2. The highest BCUT2D eigenvalue weighted by Crippen LogP contribution is 2.48. The van der Waals surface area contributed by atoms with E-state index in [0.717, 1.165) is 25.7 Å². The molecule has 0 aromatic rings. The largest absolute Gasteiger partial charge is 0.485 e. The summed E-state index contributed by atoms with van der Waals surface area (Å²) in [6.45, 7) is 17.6. The van der Waals surface area contributed by atoms with Gasteiger partial charge in [-0.1, -0.05) is 68.2 Å². The van der Waals surface area contributed by atoms with Crippen LogP contribution < -0.4 is 0 Å². The van der Waals surface area contributed by atoms with Crippen molar-refractivity contribution in [3.05, 3.63) is 0 Å². The van der Waals surface area contributed by atoms with Crippen molar-refractivity contribution in [3.8, 4) is 0 Å². The number of rotatable bonds is 14. The normalized spacial score (nSPS) is 42.7. The molecule has 0 radical (unpaired) electrons. The van der Waals surface area contributed by atoms with Gasteiger partial charge in [-0.2, -0.15) is 0 Å². The summed E-state index contributed by atoms with van der Waals surface area (Å²) in [6.07, 6.45) is 3.84. The fourth-order valence-electron chi connectivity index (χ4n) is 4.41. The summed E-state index contributed by atoms with van der Waals surface area (Å²) in [5.74, 6) is 0. The van der Waals surface area contributed by atoms with Crippen molar-refractivity contribution < 1.29 is 41.8 Å². The van der Waals surface area contributed by atoms with Gasteiger partial charge in [0, 0.05) is 49.5 Å². The number of hydrogen-bond donors (Lipinski definition) is 0. The van der Waals surface area contributed by atoms with Crippen LogP contribution in [-0.2, 0) is 41.8 Å². The molecule has 4 atom stereocenters. The van der Waals surface area contributed by atoms with Crippen molar-refractivity contribution in [2.45, 2.75) is 117 Å². The van der Waals surface area contributed by atoms with Gasteiger partial charge in [0.15, 0.2) is 0 Å². The predicted octanol–water partition coefficient (Wildman–Crippen LogP) is 5.55. The van der Waals surface area contributed by atoms with E-state index in [-0.39, 0.29) is 0 Å². The van der Waals surface area contributed by atoms with Crippen LogP contribution in [0.3, 0.4) is 0 Å². The molecule has 36 heavy (non-hydrogen) atoms. The summed E-state index contributed by atoms with van der Waals surface area (Å²) < 4.78 is 68.5. The average Bonchev–Trinajstić information content (AvgIpc) is 2.87. The smallest absolute Gasteiger partial charge is 0.374 e. The maximum atomic E-state index is 7.02. The minimum absolute atomic E-state index is 0.515. The summed E-state index contributed by atoms with van der Waals surface area (Å²) in [4.78, 5) is 0. The van der Waals surface area contributed by atoms with Gasteiger partial charge in [-0.05, 0) is 12.8 Å². The van der Waals surface area contributed by atoms with Crippen molar-refractivity contribution in [2.75, 3.05) is 13.2 Å². The molecule has 4 bridgehead atoms. The Morgan fingerprint density at radius 1 is 0.389 bits per heavy atom. The average molecular weight is 617 g/mol. The quantitative estimate of drug-likeness (QED) is 0.183. The molecule has 3 heterocycles. The van der Waals surface area contributed by atoms with Gasteiger partial charge >= 0.3 is 52.8 Å². The lowest BCUT2D eigenvalue weighted by molar-refractivity contribution is -0.0141. The molecule has 16 heteroatoms. The van der Waals surface area contributed by atoms with Gasteiger partial charge in [0.2, 0.25) is 0 Å². The summed E-state index contributed by atoms with van der Waals surface area (Å²) in [7, 11) is -20.1. The number of fused-ring (bicyclic) bond motifs is 3. The number of hydrogen-bond acceptors (Lipinski definition) is 10. The first-order valence-electron chi connectivity index (χ1n) is 14.0. The molecule has 4 unspecified atom stereocenters. The Bertz CT molecular complexity index is 680. The predicted molar refractivity (Wildman–Crippen MR) is 148 cm³/mol. The van der Waals surface area contributed by atoms with E-state index in [1.165, 1.54) is 0 Å². The van der Waals surface area contributed by atoms with E-state index in [1.54, 1.807) is 0 Å². The maximum Gasteiger partial charge on any atom is 0.485 e. The van der Waals surface area contributed by atoms with Crippen LogP contribution in [-0.4, -0.2) is 66.0 Å². The van der Waals surface area contributed by atoms with Crippen LogP contribution in [0.4, 0.5) is 0 Å². The second kappa shape index (κ2) is 12.6. The molecule has 3 saturated heterocycles. The molecule has 0 aromatic carbocycles. The van der Waals surface area contributed by atoms with Crippen LogP contribution >= 0.6 is 0 Å². The van der Waals surface area contributed by atoms with Gasteiger partial charge in [0.05, 0.1) is 0 Å². The SMILES string of the molecule is CCCCO[Si]1(CC)O[Si]2(CC)O[Si](CC)(OCCCC)O[Si]3(CC)O[Si](CC)(O1)O[Si](CC)(O2)O3. The van der Waals surface area contributed by atoms with Gasteiger partial charge in [-0.25, -0.2) is 0 Å². The molecule has 0 saturated carbocycles. The third-order valence-electron chi connectivity index (χ3n) is 6.73.